The Bertz CT molecular complexity index is 252. The second kappa shape index (κ2) is 10.0. The van der Waals surface area contributed by atoms with Crippen molar-refractivity contribution >= 4 is 11.8 Å². The Labute approximate surface area is 108 Å². The fraction of sp³-hybridized carbons (Fsp3) is 0.846. The number of unbranched alkanes of at least 4 members (excludes halogenated alkanes) is 2. The Morgan fingerprint density at radius 1 is 1.22 bits per heavy atom. The van der Waals surface area contributed by atoms with Crippen LogP contribution in [-0.2, 0) is 9.59 Å². The Morgan fingerprint density at radius 2 is 1.89 bits per heavy atom. The molecule has 0 bridgehead atoms. The van der Waals surface area contributed by atoms with Crippen LogP contribution in [0.25, 0.3) is 0 Å². The summed E-state index contributed by atoms with van der Waals surface area (Å²) in [6, 6.07) is 0. The molecule has 0 heterocycles. The normalized spacial score (nSPS) is 14.2. The van der Waals surface area contributed by atoms with Crippen LogP contribution >= 0.6 is 0 Å². The molecule has 18 heavy (non-hydrogen) atoms. The molecule has 0 aliphatic carbocycles. The van der Waals surface area contributed by atoms with E-state index in [4.69, 9.17) is 5.11 Å². The van der Waals surface area contributed by atoms with Gasteiger partial charge in [0.1, 0.15) is 5.78 Å². The van der Waals surface area contributed by atoms with Crippen molar-refractivity contribution < 1.29 is 24.9 Å². The van der Waals surface area contributed by atoms with E-state index >= 15 is 0 Å². The molecule has 0 fully saturated rings. The molecule has 5 nitrogen and oxygen atoms in total. The first kappa shape index (κ1) is 17.1. The number of ketones is 1. The van der Waals surface area contributed by atoms with Crippen LogP contribution in [0.15, 0.2) is 0 Å². The quantitative estimate of drug-likeness (QED) is 0.510. The number of aliphatic hydroxyl groups is 2. The molecule has 0 aromatic heterocycles. The summed E-state index contributed by atoms with van der Waals surface area (Å²) in [4.78, 5) is 22.3. The average Bonchev–Trinajstić information content (AvgIpc) is 2.34. The van der Waals surface area contributed by atoms with Crippen molar-refractivity contribution in [1.82, 2.24) is 0 Å². The first-order chi connectivity index (χ1) is 8.51. The summed E-state index contributed by atoms with van der Waals surface area (Å²) in [6.07, 6.45) is 2.59. The van der Waals surface area contributed by atoms with E-state index < -0.39 is 24.6 Å². The third-order valence-electron chi connectivity index (χ3n) is 2.93. The number of carboxylic acids is 1. The van der Waals surface area contributed by atoms with Gasteiger partial charge in [0.2, 0.25) is 0 Å². The van der Waals surface area contributed by atoms with Crippen molar-refractivity contribution in [2.24, 2.45) is 5.92 Å². The van der Waals surface area contributed by atoms with Gasteiger partial charge in [0.15, 0.2) is 0 Å². The molecule has 106 valence electrons. The topological polar surface area (TPSA) is 97.7 Å². The minimum absolute atomic E-state index is 0.0492. The van der Waals surface area contributed by atoms with Gasteiger partial charge in [0.25, 0.3) is 0 Å². The summed E-state index contributed by atoms with van der Waals surface area (Å²) in [6.45, 7) is 1.57. The monoisotopic (exact) mass is 259 g/mol. The van der Waals surface area contributed by atoms with Gasteiger partial charge in [-0.05, 0) is 19.3 Å². The van der Waals surface area contributed by atoms with Crippen LogP contribution in [0.5, 0.6) is 0 Å². The lowest BCUT2D eigenvalue weighted by molar-refractivity contribution is -0.312. The smallest absolute Gasteiger partial charge is 0.132 e. The largest absolute Gasteiger partial charge is 0.550 e. The van der Waals surface area contributed by atoms with Crippen molar-refractivity contribution in [3.8, 4) is 0 Å². The van der Waals surface area contributed by atoms with Gasteiger partial charge < -0.3 is 20.1 Å². The maximum atomic E-state index is 11.5. The number of hydrogen-bond donors (Lipinski definition) is 2. The van der Waals surface area contributed by atoms with E-state index in [1.807, 2.05) is 6.92 Å². The molecule has 2 unspecified atom stereocenters. The SMILES string of the molecule is CCCCCC(=O)CCC(CC(O)CO)C(=O)[O-]. The maximum Gasteiger partial charge on any atom is 0.132 e. The molecule has 5 heteroatoms. The number of carbonyl (C=O) groups excluding carboxylic acids is 2. The Balaban J connectivity index is 3.96. The molecule has 0 spiro atoms. The van der Waals surface area contributed by atoms with Crippen LogP contribution in [0.3, 0.4) is 0 Å². The van der Waals surface area contributed by atoms with Crippen molar-refractivity contribution in [3.05, 3.63) is 0 Å². The predicted molar refractivity (Wildman–Crippen MR) is 64.6 cm³/mol. The lowest BCUT2D eigenvalue weighted by Crippen LogP contribution is -2.34. The molecular weight excluding hydrogens is 236 g/mol. The fourth-order valence-electron chi connectivity index (χ4n) is 1.77. The van der Waals surface area contributed by atoms with Gasteiger partial charge >= 0.3 is 0 Å². The maximum absolute atomic E-state index is 11.5. The van der Waals surface area contributed by atoms with E-state index in [0.29, 0.717) is 6.42 Å². The number of hydrogen-bond acceptors (Lipinski definition) is 5. The minimum Gasteiger partial charge on any atom is -0.550 e. The van der Waals surface area contributed by atoms with Gasteiger partial charge in [-0.15, -0.1) is 0 Å². The standard InChI is InChI=1S/C13H24O5/c1-2-3-4-5-11(15)7-6-10(13(17)18)8-12(16)9-14/h10,12,14,16H,2-9H2,1H3,(H,17,18)/p-1. The van der Waals surface area contributed by atoms with Crippen molar-refractivity contribution in [1.29, 1.82) is 0 Å². The van der Waals surface area contributed by atoms with Gasteiger partial charge in [-0.3, -0.25) is 4.79 Å². The van der Waals surface area contributed by atoms with Gasteiger partial charge in [0, 0.05) is 24.7 Å². The summed E-state index contributed by atoms with van der Waals surface area (Å²) >= 11 is 0. The zero-order chi connectivity index (χ0) is 14.0. The average molecular weight is 259 g/mol. The van der Waals surface area contributed by atoms with Crippen LogP contribution in [-0.4, -0.2) is 34.7 Å². The third-order valence-corrected chi connectivity index (χ3v) is 2.93. The molecule has 0 aromatic rings. The predicted octanol–water partition coefficient (Wildman–Crippen LogP) is 0.0254. The zero-order valence-corrected chi connectivity index (χ0v) is 10.9. The number of rotatable bonds is 11. The van der Waals surface area contributed by atoms with Gasteiger partial charge in [-0.1, -0.05) is 19.8 Å². The van der Waals surface area contributed by atoms with Crippen LogP contribution < -0.4 is 5.11 Å². The summed E-state index contributed by atoms with van der Waals surface area (Å²) in [5.41, 5.74) is 0. The van der Waals surface area contributed by atoms with E-state index in [9.17, 15) is 19.8 Å². The molecule has 0 aromatic carbocycles. The lowest BCUT2D eigenvalue weighted by atomic mass is 9.94. The number of carbonyl (C=O) groups is 2. The number of aliphatic carboxylic acids is 1. The van der Waals surface area contributed by atoms with Gasteiger partial charge in [-0.25, -0.2) is 0 Å². The highest BCUT2D eigenvalue weighted by molar-refractivity contribution is 5.79. The number of aliphatic hydroxyl groups excluding tert-OH is 2. The molecule has 0 aliphatic rings. The summed E-state index contributed by atoms with van der Waals surface area (Å²) in [7, 11) is 0. The molecule has 0 amide bonds. The summed E-state index contributed by atoms with van der Waals surface area (Å²) in [5, 5.41) is 28.7. The minimum atomic E-state index is -1.27. The molecule has 0 aliphatic heterocycles. The third kappa shape index (κ3) is 8.20. The number of carboxylic acid groups (broad SMARTS) is 1. The molecule has 0 rings (SSSR count). The van der Waals surface area contributed by atoms with E-state index in [0.717, 1.165) is 19.3 Å². The van der Waals surface area contributed by atoms with Crippen molar-refractivity contribution in [2.75, 3.05) is 6.61 Å². The molecule has 0 saturated heterocycles. The molecule has 0 radical (unpaired) electrons. The summed E-state index contributed by atoms with van der Waals surface area (Å²) < 4.78 is 0. The van der Waals surface area contributed by atoms with E-state index in [2.05, 4.69) is 0 Å². The highest BCUT2D eigenvalue weighted by atomic mass is 16.4. The Morgan fingerprint density at radius 3 is 2.39 bits per heavy atom. The Hall–Kier alpha value is -0.940. The second-order valence-corrected chi connectivity index (χ2v) is 4.62. The van der Waals surface area contributed by atoms with Crippen LogP contribution in [0.4, 0.5) is 0 Å². The van der Waals surface area contributed by atoms with E-state index in [-0.39, 0.29) is 25.0 Å². The second-order valence-electron chi connectivity index (χ2n) is 4.62. The molecule has 2 N–H and O–H groups in total. The molecule has 0 saturated carbocycles. The Kier molecular flexibility index (Phi) is 9.50. The first-order valence-electron chi connectivity index (χ1n) is 6.52. The van der Waals surface area contributed by atoms with E-state index in [1.54, 1.807) is 0 Å². The van der Waals surface area contributed by atoms with Crippen LogP contribution in [0, 0.1) is 5.92 Å². The zero-order valence-electron chi connectivity index (χ0n) is 10.9. The number of Topliss-reactive ketones (excluding diaryl/α,β-unsaturated/α-hetero) is 1. The lowest BCUT2D eigenvalue weighted by Gasteiger charge is -2.19. The first-order valence-corrected chi connectivity index (χ1v) is 6.52. The van der Waals surface area contributed by atoms with E-state index in [1.165, 1.54) is 0 Å². The molecular formula is C13H23O5-. The van der Waals surface area contributed by atoms with Crippen LogP contribution in [0.2, 0.25) is 0 Å². The van der Waals surface area contributed by atoms with Crippen molar-refractivity contribution in [2.45, 2.75) is 58.0 Å². The fourth-order valence-corrected chi connectivity index (χ4v) is 1.77. The molecule has 2 atom stereocenters. The highest BCUT2D eigenvalue weighted by Crippen LogP contribution is 2.15. The van der Waals surface area contributed by atoms with Crippen molar-refractivity contribution in [3.63, 3.8) is 0 Å². The highest BCUT2D eigenvalue weighted by Gasteiger charge is 2.16. The van der Waals surface area contributed by atoms with Crippen LogP contribution in [0.1, 0.15) is 51.9 Å². The summed E-state index contributed by atoms with van der Waals surface area (Å²) in [5.74, 6) is -2.10. The van der Waals surface area contributed by atoms with Gasteiger partial charge in [0.05, 0.1) is 12.7 Å². The van der Waals surface area contributed by atoms with Gasteiger partial charge in [-0.2, -0.15) is 0 Å².